The van der Waals surface area contributed by atoms with Gasteiger partial charge < -0.3 is 21.2 Å². The number of amidine groups is 1. The van der Waals surface area contributed by atoms with Crippen molar-refractivity contribution in [3.8, 4) is 0 Å². The molecule has 7 heteroatoms. The molecule has 3 rings (SSSR count). The summed E-state index contributed by atoms with van der Waals surface area (Å²) in [6.45, 7) is 1.10. The van der Waals surface area contributed by atoms with Crippen molar-refractivity contribution in [3.63, 3.8) is 0 Å². The van der Waals surface area contributed by atoms with E-state index in [2.05, 4.69) is 10.5 Å². The summed E-state index contributed by atoms with van der Waals surface area (Å²) in [7, 11) is 0. The van der Waals surface area contributed by atoms with Crippen LogP contribution in [0.3, 0.4) is 0 Å². The molecule has 4 N–H and O–H groups in total. The molecule has 2 aromatic carbocycles. The number of nitrogens with zero attached hydrogens (tertiary/aromatic N) is 2. The van der Waals surface area contributed by atoms with Gasteiger partial charge in [0.05, 0.1) is 0 Å². The third-order valence-electron chi connectivity index (χ3n) is 4.71. The lowest BCUT2D eigenvalue weighted by atomic mass is 10.1. The minimum atomic E-state index is -0.222. The molecular formula is C20H22N4O3. The molecule has 2 amide bonds. The molecule has 0 spiro atoms. The lowest BCUT2D eigenvalue weighted by molar-refractivity contribution is 0.0725. The van der Waals surface area contributed by atoms with Crippen molar-refractivity contribution in [2.24, 2.45) is 10.9 Å². The van der Waals surface area contributed by atoms with Crippen LogP contribution in [0.15, 0.2) is 59.8 Å². The Morgan fingerprint density at radius 1 is 1.07 bits per heavy atom. The molecule has 0 radical (unpaired) electrons. The number of carbonyl (C=O) groups is 2. The Labute approximate surface area is 157 Å². The van der Waals surface area contributed by atoms with Crippen LogP contribution in [0.4, 0.5) is 0 Å². The Kier molecular flexibility index (Phi) is 5.71. The molecule has 0 bridgehead atoms. The lowest BCUT2D eigenvalue weighted by Crippen LogP contribution is -2.43. The molecule has 1 aliphatic heterocycles. The van der Waals surface area contributed by atoms with Crippen LogP contribution in [-0.2, 0) is 0 Å². The summed E-state index contributed by atoms with van der Waals surface area (Å²) in [6.07, 6.45) is 1.79. The molecule has 1 heterocycles. The summed E-state index contributed by atoms with van der Waals surface area (Å²) in [6, 6.07) is 15.6. The third-order valence-corrected chi connectivity index (χ3v) is 4.71. The van der Waals surface area contributed by atoms with Gasteiger partial charge in [0.2, 0.25) is 0 Å². The summed E-state index contributed by atoms with van der Waals surface area (Å²) in [4.78, 5) is 26.9. The molecule has 1 aliphatic rings. The zero-order valence-corrected chi connectivity index (χ0v) is 14.8. The largest absolute Gasteiger partial charge is 0.409 e. The SMILES string of the molecule is N/C(=N\O)c1ccc(C(=O)NCC2CCCN2C(=O)c2ccccc2)cc1. The second kappa shape index (κ2) is 8.35. The first-order valence-electron chi connectivity index (χ1n) is 8.82. The smallest absolute Gasteiger partial charge is 0.254 e. The van der Waals surface area contributed by atoms with Crippen molar-refractivity contribution in [2.45, 2.75) is 18.9 Å². The highest BCUT2D eigenvalue weighted by atomic mass is 16.4. The monoisotopic (exact) mass is 366 g/mol. The van der Waals surface area contributed by atoms with E-state index in [9.17, 15) is 9.59 Å². The standard InChI is InChI=1S/C20H22N4O3/c21-18(23-27)14-8-10-15(11-9-14)19(25)22-13-17-7-4-12-24(17)20(26)16-5-2-1-3-6-16/h1-3,5-6,8-11,17,27H,4,7,12-13H2,(H2,21,23)(H,22,25). The Morgan fingerprint density at radius 3 is 2.41 bits per heavy atom. The van der Waals surface area contributed by atoms with E-state index < -0.39 is 0 Å². The van der Waals surface area contributed by atoms with Crippen LogP contribution in [0, 0.1) is 0 Å². The number of amides is 2. The number of hydrogen-bond acceptors (Lipinski definition) is 4. The van der Waals surface area contributed by atoms with Crippen LogP contribution in [0.2, 0.25) is 0 Å². The van der Waals surface area contributed by atoms with Gasteiger partial charge in [-0.05, 0) is 37.1 Å². The van der Waals surface area contributed by atoms with Crippen LogP contribution >= 0.6 is 0 Å². The summed E-state index contributed by atoms with van der Waals surface area (Å²) < 4.78 is 0. The lowest BCUT2D eigenvalue weighted by Gasteiger charge is -2.25. The highest BCUT2D eigenvalue weighted by Crippen LogP contribution is 2.19. The van der Waals surface area contributed by atoms with Crippen LogP contribution < -0.4 is 11.1 Å². The van der Waals surface area contributed by atoms with Crippen LogP contribution in [0.5, 0.6) is 0 Å². The first-order valence-corrected chi connectivity index (χ1v) is 8.82. The summed E-state index contributed by atoms with van der Waals surface area (Å²) in [5.41, 5.74) is 7.18. The molecule has 7 nitrogen and oxygen atoms in total. The maximum atomic E-state index is 12.7. The Morgan fingerprint density at radius 2 is 1.74 bits per heavy atom. The van der Waals surface area contributed by atoms with Crippen molar-refractivity contribution in [1.82, 2.24) is 10.2 Å². The molecule has 0 aromatic heterocycles. The Bertz CT molecular complexity index is 834. The van der Waals surface area contributed by atoms with Crippen molar-refractivity contribution < 1.29 is 14.8 Å². The molecular weight excluding hydrogens is 344 g/mol. The first-order chi connectivity index (χ1) is 13.1. The van der Waals surface area contributed by atoms with Gasteiger partial charge in [-0.1, -0.05) is 35.5 Å². The molecule has 1 unspecified atom stereocenters. The average molecular weight is 366 g/mol. The quantitative estimate of drug-likeness (QED) is 0.325. The normalized spacial score (nSPS) is 17.0. The van der Waals surface area contributed by atoms with Gasteiger partial charge in [0, 0.05) is 35.8 Å². The number of nitrogens with two attached hydrogens (primary N) is 1. The summed E-state index contributed by atoms with van der Waals surface area (Å²) in [5.74, 6) is -0.237. The average Bonchev–Trinajstić information content (AvgIpc) is 3.20. The summed E-state index contributed by atoms with van der Waals surface area (Å²) in [5, 5.41) is 14.5. The van der Waals surface area contributed by atoms with Gasteiger partial charge >= 0.3 is 0 Å². The fraction of sp³-hybridized carbons (Fsp3) is 0.250. The second-order valence-corrected chi connectivity index (χ2v) is 6.43. The van der Waals surface area contributed by atoms with Crippen LogP contribution in [0.25, 0.3) is 0 Å². The van der Waals surface area contributed by atoms with Gasteiger partial charge in [0.25, 0.3) is 11.8 Å². The van der Waals surface area contributed by atoms with E-state index in [1.807, 2.05) is 23.1 Å². The zero-order valence-electron chi connectivity index (χ0n) is 14.8. The van der Waals surface area contributed by atoms with E-state index in [-0.39, 0.29) is 23.7 Å². The van der Waals surface area contributed by atoms with Crippen LogP contribution in [0.1, 0.15) is 39.1 Å². The number of nitrogens with one attached hydrogen (secondary N) is 1. The molecule has 27 heavy (non-hydrogen) atoms. The Balaban J connectivity index is 1.60. The van der Waals surface area contributed by atoms with E-state index in [1.54, 1.807) is 36.4 Å². The highest BCUT2D eigenvalue weighted by molar-refractivity contribution is 5.99. The molecule has 1 saturated heterocycles. The van der Waals surface area contributed by atoms with Gasteiger partial charge in [0.15, 0.2) is 5.84 Å². The van der Waals surface area contributed by atoms with E-state index in [0.29, 0.717) is 29.8 Å². The van der Waals surface area contributed by atoms with Gasteiger partial charge in [-0.25, -0.2) is 0 Å². The van der Waals surface area contributed by atoms with Gasteiger partial charge in [-0.2, -0.15) is 0 Å². The van der Waals surface area contributed by atoms with Crippen molar-refractivity contribution in [1.29, 1.82) is 0 Å². The number of carbonyl (C=O) groups excluding carboxylic acids is 2. The maximum absolute atomic E-state index is 12.7. The van der Waals surface area contributed by atoms with E-state index in [4.69, 9.17) is 10.9 Å². The minimum absolute atomic E-state index is 0.00420. The van der Waals surface area contributed by atoms with Crippen molar-refractivity contribution in [2.75, 3.05) is 13.1 Å². The first kappa shape index (κ1) is 18.4. The number of rotatable bonds is 5. The van der Waals surface area contributed by atoms with E-state index in [0.717, 1.165) is 12.8 Å². The Hall–Kier alpha value is -3.35. The number of benzene rings is 2. The van der Waals surface area contributed by atoms with Crippen molar-refractivity contribution in [3.05, 3.63) is 71.3 Å². The molecule has 1 fully saturated rings. The highest BCUT2D eigenvalue weighted by Gasteiger charge is 2.29. The second-order valence-electron chi connectivity index (χ2n) is 6.43. The third kappa shape index (κ3) is 4.25. The van der Waals surface area contributed by atoms with Gasteiger partial charge in [0.1, 0.15) is 0 Å². The minimum Gasteiger partial charge on any atom is -0.409 e. The van der Waals surface area contributed by atoms with Crippen LogP contribution in [-0.4, -0.2) is 46.9 Å². The molecule has 0 aliphatic carbocycles. The molecule has 0 saturated carbocycles. The fourth-order valence-corrected chi connectivity index (χ4v) is 3.22. The molecule has 2 aromatic rings. The molecule has 1 atom stereocenters. The number of likely N-dealkylation sites (tertiary alicyclic amines) is 1. The van der Waals surface area contributed by atoms with E-state index in [1.165, 1.54) is 0 Å². The summed E-state index contributed by atoms with van der Waals surface area (Å²) >= 11 is 0. The number of oxime groups is 1. The predicted octanol–water partition coefficient (Wildman–Crippen LogP) is 1.82. The topological polar surface area (TPSA) is 108 Å². The molecule has 140 valence electrons. The van der Waals surface area contributed by atoms with Crippen molar-refractivity contribution >= 4 is 17.6 Å². The van der Waals surface area contributed by atoms with E-state index >= 15 is 0 Å². The predicted molar refractivity (Wildman–Crippen MR) is 102 cm³/mol. The van der Waals surface area contributed by atoms with Gasteiger partial charge in [-0.15, -0.1) is 0 Å². The van der Waals surface area contributed by atoms with Gasteiger partial charge in [-0.3, -0.25) is 9.59 Å². The maximum Gasteiger partial charge on any atom is 0.254 e. The fourth-order valence-electron chi connectivity index (χ4n) is 3.22. The zero-order chi connectivity index (χ0) is 19.2. The number of hydrogen-bond donors (Lipinski definition) is 3.